The number of aromatic nitrogens is 2. The number of carbonyl (C=O) groups excluding carboxylic acids is 1. The molecule has 0 saturated carbocycles. The van der Waals surface area contributed by atoms with Gasteiger partial charge in [0.2, 0.25) is 0 Å². The first-order valence-corrected chi connectivity index (χ1v) is 7.15. The number of rotatable bonds is 3. The van der Waals surface area contributed by atoms with Crippen LogP contribution in [-0.4, -0.2) is 42.0 Å². The van der Waals surface area contributed by atoms with E-state index < -0.39 is 5.97 Å². The highest BCUT2D eigenvalue weighted by Crippen LogP contribution is 2.24. The third-order valence-corrected chi connectivity index (χ3v) is 4.02. The van der Waals surface area contributed by atoms with Crippen LogP contribution >= 0.6 is 15.9 Å². The van der Waals surface area contributed by atoms with Crippen LogP contribution in [0, 0.1) is 0 Å². The Kier molecular flexibility index (Phi) is 4.77. The fourth-order valence-corrected chi connectivity index (χ4v) is 2.76. The standard InChI is InChI=1S/C12H17BrN4O3/c1-20-10(18)7-17-12(19)11(13)9(5-15-17)16-4-2-3-8(14)6-16/h5,8H,2-4,6-7,14H2,1H3. The van der Waals surface area contributed by atoms with Gasteiger partial charge in [0.25, 0.3) is 5.56 Å². The van der Waals surface area contributed by atoms with E-state index in [2.05, 4.69) is 25.8 Å². The number of halogens is 1. The maximum atomic E-state index is 12.2. The van der Waals surface area contributed by atoms with Crippen LogP contribution in [0.2, 0.25) is 0 Å². The van der Waals surface area contributed by atoms with Gasteiger partial charge in [0, 0.05) is 19.1 Å². The van der Waals surface area contributed by atoms with Crippen molar-refractivity contribution in [3.63, 3.8) is 0 Å². The van der Waals surface area contributed by atoms with Crippen LogP contribution in [0.25, 0.3) is 0 Å². The van der Waals surface area contributed by atoms with Crippen molar-refractivity contribution in [3.8, 4) is 0 Å². The molecule has 2 N–H and O–H groups in total. The number of piperidine rings is 1. The van der Waals surface area contributed by atoms with Crippen LogP contribution < -0.4 is 16.2 Å². The average molecular weight is 345 g/mol. The summed E-state index contributed by atoms with van der Waals surface area (Å²) in [5, 5.41) is 4.02. The van der Waals surface area contributed by atoms with Gasteiger partial charge in [0.05, 0.1) is 19.0 Å². The lowest BCUT2D eigenvalue weighted by Gasteiger charge is -2.32. The summed E-state index contributed by atoms with van der Waals surface area (Å²) >= 11 is 3.29. The van der Waals surface area contributed by atoms with Gasteiger partial charge in [-0.2, -0.15) is 5.10 Å². The minimum Gasteiger partial charge on any atom is -0.468 e. The molecule has 1 aliphatic rings. The van der Waals surface area contributed by atoms with Gasteiger partial charge >= 0.3 is 5.97 Å². The summed E-state index contributed by atoms with van der Waals surface area (Å²) in [5.41, 5.74) is 6.30. The van der Waals surface area contributed by atoms with Crippen LogP contribution in [0.1, 0.15) is 12.8 Å². The SMILES string of the molecule is COC(=O)Cn1ncc(N2CCCC(N)C2)c(Br)c1=O. The molecule has 0 bridgehead atoms. The van der Waals surface area contributed by atoms with Gasteiger partial charge in [-0.3, -0.25) is 9.59 Å². The Labute approximate surface area is 124 Å². The lowest BCUT2D eigenvalue weighted by molar-refractivity contribution is -0.141. The molecule has 1 aromatic rings. The van der Waals surface area contributed by atoms with E-state index in [-0.39, 0.29) is 18.1 Å². The van der Waals surface area contributed by atoms with Gasteiger partial charge in [-0.15, -0.1) is 0 Å². The highest BCUT2D eigenvalue weighted by molar-refractivity contribution is 9.10. The topological polar surface area (TPSA) is 90.5 Å². The quantitative estimate of drug-likeness (QED) is 0.782. The highest BCUT2D eigenvalue weighted by Gasteiger charge is 2.21. The van der Waals surface area contributed by atoms with Crippen molar-refractivity contribution in [1.82, 2.24) is 9.78 Å². The highest BCUT2D eigenvalue weighted by atomic mass is 79.9. The Bertz CT molecular complexity index is 560. The summed E-state index contributed by atoms with van der Waals surface area (Å²) < 4.78 is 6.00. The molecule has 20 heavy (non-hydrogen) atoms. The van der Waals surface area contributed by atoms with Crippen molar-refractivity contribution in [2.45, 2.75) is 25.4 Å². The minimum absolute atomic E-state index is 0.105. The lowest BCUT2D eigenvalue weighted by atomic mass is 10.1. The first-order valence-electron chi connectivity index (χ1n) is 6.36. The number of ether oxygens (including phenoxy) is 1. The second kappa shape index (κ2) is 6.36. The zero-order chi connectivity index (χ0) is 14.7. The Morgan fingerprint density at radius 1 is 1.65 bits per heavy atom. The largest absolute Gasteiger partial charge is 0.468 e. The van der Waals surface area contributed by atoms with Crippen LogP contribution in [0.5, 0.6) is 0 Å². The van der Waals surface area contributed by atoms with E-state index in [4.69, 9.17) is 5.73 Å². The van der Waals surface area contributed by atoms with Gasteiger partial charge in [-0.05, 0) is 28.8 Å². The first kappa shape index (κ1) is 15.0. The molecule has 0 amide bonds. The average Bonchev–Trinajstić information content (AvgIpc) is 2.44. The molecule has 1 unspecified atom stereocenters. The summed E-state index contributed by atoms with van der Waals surface area (Å²) in [6.45, 7) is 1.34. The molecular formula is C12H17BrN4O3. The second-order valence-corrected chi connectivity index (χ2v) is 5.52. The van der Waals surface area contributed by atoms with Crippen LogP contribution in [0.3, 0.4) is 0 Å². The van der Waals surface area contributed by atoms with Gasteiger partial charge in [-0.25, -0.2) is 4.68 Å². The molecule has 8 heteroatoms. The molecule has 1 fully saturated rings. The van der Waals surface area contributed by atoms with Crippen LogP contribution in [0.4, 0.5) is 5.69 Å². The number of methoxy groups -OCH3 is 1. The van der Waals surface area contributed by atoms with Crippen molar-refractivity contribution >= 4 is 27.6 Å². The summed E-state index contributed by atoms with van der Waals surface area (Å²) in [6.07, 6.45) is 3.55. The summed E-state index contributed by atoms with van der Waals surface area (Å²) in [7, 11) is 1.27. The number of nitrogens with zero attached hydrogens (tertiary/aromatic N) is 3. The Morgan fingerprint density at radius 3 is 3.05 bits per heavy atom. The third-order valence-electron chi connectivity index (χ3n) is 3.27. The maximum absolute atomic E-state index is 12.2. The smallest absolute Gasteiger partial charge is 0.327 e. The molecule has 0 aromatic carbocycles. The molecule has 1 aliphatic heterocycles. The summed E-state index contributed by atoms with van der Waals surface area (Å²) in [5.74, 6) is -0.515. The van der Waals surface area contributed by atoms with Crippen molar-refractivity contribution in [3.05, 3.63) is 21.0 Å². The maximum Gasteiger partial charge on any atom is 0.327 e. The van der Waals surface area contributed by atoms with Gasteiger partial charge in [-0.1, -0.05) is 0 Å². The molecule has 1 atom stereocenters. The molecule has 7 nitrogen and oxygen atoms in total. The van der Waals surface area contributed by atoms with E-state index in [0.29, 0.717) is 16.7 Å². The number of carbonyl (C=O) groups is 1. The Hall–Kier alpha value is -1.41. The second-order valence-electron chi connectivity index (χ2n) is 4.73. The predicted octanol–water partition coefficient (Wildman–Crippen LogP) is 0.106. The molecule has 0 aliphatic carbocycles. The number of nitrogens with two attached hydrogens (primary N) is 1. The van der Waals surface area contributed by atoms with E-state index >= 15 is 0 Å². The number of hydrogen-bond donors (Lipinski definition) is 1. The molecule has 2 rings (SSSR count). The fraction of sp³-hybridized carbons (Fsp3) is 0.583. The zero-order valence-corrected chi connectivity index (χ0v) is 12.8. The van der Waals surface area contributed by atoms with E-state index in [1.54, 1.807) is 6.20 Å². The van der Waals surface area contributed by atoms with E-state index in [1.165, 1.54) is 7.11 Å². The van der Waals surface area contributed by atoms with Gasteiger partial charge in [0.1, 0.15) is 11.0 Å². The molecule has 1 saturated heterocycles. The van der Waals surface area contributed by atoms with Crippen LogP contribution in [0.15, 0.2) is 15.5 Å². The van der Waals surface area contributed by atoms with E-state index in [1.807, 2.05) is 4.90 Å². The van der Waals surface area contributed by atoms with E-state index in [9.17, 15) is 9.59 Å². The first-order chi connectivity index (χ1) is 9.52. The van der Waals surface area contributed by atoms with E-state index in [0.717, 1.165) is 24.1 Å². The number of hydrogen-bond acceptors (Lipinski definition) is 6. The number of anilines is 1. The lowest BCUT2D eigenvalue weighted by Crippen LogP contribution is -2.43. The van der Waals surface area contributed by atoms with Crippen molar-refractivity contribution in [2.24, 2.45) is 5.73 Å². The fourth-order valence-electron chi connectivity index (χ4n) is 2.21. The van der Waals surface area contributed by atoms with Crippen molar-refractivity contribution < 1.29 is 9.53 Å². The molecule has 0 radical (unpaired) electrons. The van der Waals surface area contributed by atoms with Gasteiger partial charge in [0.15, 0.2) is 0 Å². The van der Waals surface area contributed by atoms with Crippen molar-refractivity contribution in [2.75, 3.05) is 25.1 Å². The molecule has 110 valence electrons. The monoisotopic (exact) mass is 344 g/mol. The molecule has 1 aromatic heterocycles. The predicted molar refractivity (Wildman–Crippen MR) is 77.6 cm³/mol. The summed E-state index contributed by atoms with van der Waals surface area (Å²) in [4.78, 5) is 25.4. The normalized spacial score (nSPS) is 18.9. The number of esters is 1. The molecule has 0 spiro atoms. The Balaban J connectivity index is 2.26. The third kappa shape index (κ3) is 3.18. The van der Waals surface area contributed by atoms with Gasteiger partial charge < -0.3 is 15.4 Å². The molecule has 2 heterocycles. The Morgan fingerprint density at radius 2 is 2.40 bits per heavy atom. The molecular weight excluding hydrogens is 328 g/mol. The zero-order valence-electron chi connectivity index (χ0n) is 11.2. The minimum atomic E-state index is -0.515. The van der Waals surface area contributed by atoms with Crippen molar-refractivity contribution in [1.29, 1.82) is 0 Å². The van der Waals surface area contributed by atoms with Crippen LogP contribution in [-0.2, 0) is 16.1 Å². The summed E-state index contributed by atoms with van der Waals surface area (Å²) in [6, 6.07) is 0.105.